The number of aromatic hydroxyl groups is 1. The molecule has 3 heteroatoms. The normalized spacial score (nSPS) is 10.3. The number of hydrogen-bond acceptors (Lipinski definition) is 3. The van der Waals surface area contributed by atoms with Crippen molar-refractivity contribution in [3.8, 4) is 5.75 Å². The minimum absolute atomic E-state index is 0.281. The molecular weight excluding hydrogens is 224 g/mol. The molecule has 0 amide bonds. The van der Waals surface area contributed by atoms with Gasteiger partial charge in [0.1, 0.15) is 5.75 Å². The van der Waals surface area contributed by atoms with E-state index >= 15 is 0 Å². The van der Waals surface area contributed by atoms with Crippen LogP contribution in [-0.4, -0.2) is 12.2 Å². The van der Waals surface area contributed by atoms with Crippen LogP contribution < -0.4 is 10.6 Å². The first-order valence-electron chi connectivity index (χ1n) is 5.92. The van der Waals surface area contributed by atoms with Crippen LogP contribution in [0.4, 0.5) is 11.4 Å². The number of benzene rings is 2. The van der Waals surface area contributed by atoms with Gasteiger partial charge in [-0.15, -0.1) is 0 Å². The average molecular weight is 242 g/mol. The summed E-state index contributed by atoms with van der Waals surface area (Å²) in [5.74, 6) is 0.281. The molecule has 0 bridgehead atoms. The maximum atomic E-state index is 9.48. The third-order valence-corrected chi connectivity index (χ3v) is 3.17. The largest absolute Gasteiger partial charge is 0.508 e. The number of hydrogen-bond donors (Lipinski definition) is 2. The van der Waals surface area contributed by atoms with E-state index in [0.717, 1.165) is 23.5 Å². The second-order valence-electron chi connectivity index (χ2n) is 4.51. The molecule has 0 aliphatic heterocycles. The van der Waals surface area contributed by atoms with Crippen LogP contribution in [0.3, 0.4) is 0 Å². The fourth-order valence-corrected chi connectivity index (χ4v) is 1.95. The molecule has 2 rings (SSSR count). The summed E-state index contributed by atoms with van der Waals surface area (Å²) < 4.78 is 0. The standard InChI is InChI=1S/C15H18N2O/c1-11-12(5-3-8-15(11)16)10-17(2)13-6-4-7-14(18)9-13/h3-9,18H,10,16H2,1-2H3. The Hall–Kier alpha value is -2.16. The second kappa shape index (κ2) is 5.00. The minimum Gasteiger partial charge on any atom is -0.508 e. The lowest BCUT2D eigenvalue weighted by atomic mass is 10.1. The molecule has 0 aromatic heterocycles. The SMILES string of the molecule is Cc1c(N)cccc1CN(C)c1cccc(O)c1. The van der Waals surface area contributed by atoms with E-state index in [1.807, 2.05) is 38.2 Å². The third-order valence-electron chi connectivity index (χ3n) is 3.17. The first-order valence-corrected chi connectivity index (χ1v) is 5.92. The van der Waals surface area contributed by atoms with E-state index in [0.29, 0.717) is 0 Å². The Labute approximate surface area is 107 Å². The van der Waals surface area contributed by atoms with Crippen molar-refractivity contribution in [1.82, 2.24) is 0 Å². The summed E-state index contributed by atoms with van der Waals surface area (Å²) in [5.41, 5.74) is 10.0. The number of rotatable bonds is 3. The highest BCUT2D eigenvalue weighted by atomic mass is 16.3. The lowest BCUT2D eigenvalue weighted by molar-refractivity contribution is 0.475. The zero-order valence-corrected chi connectivity index (χ0v) is 10.7. The first-order chi connectivity index (χ1) is 8.58. The van der Waals surface area contributed by atoms with E-state index in [1.165, 1.54) is 5.56 Å². The van der Waals surface area contributed by atoms with E-state index in [2.05, 4.69) is 11.0 Å². The molecule has 2 aromatic carbocycles. The quantitative estimate of drug-likeness (QED) is 0.814. The summed E-state index contributed by atoms with van der Waals surface area (Å²) in [5, 5.41) is 9.48. The Balaban J connectivity index is 2.21. The predicted octanol–water partition coefficient (Wildman–Crippen LogP) is 2.92. The summed E-state index contributed by atoms with van der Waals surface area (Å²) >= 11 is 0. The van der Waals surface area contributed by atoms with Crippen molar-refractivity contribution in [3.05, 3.63) is 53.6 Å². The van der Waals surface area contributed by atoms with Crippen LogP contribution in [0.25, 0.3) is 0 Å². The van der Waals surface area contributed by atoms with Gasteiger partial charge in [-0.1, -0.05) is 18.2 Å². The highest BCUT2D eigenvalue weighted by Gasteiger charge is 2.06. The fourth-order valence-electron chi connectivity index (χ4n) is 1.95. The molecule has 2 aromatic rings. The van der Waals surface area contributed by atoms with Crippen molar-refractivity contribution in [2.45, 2.75) is 13.5 Å². The van der Waals surface area contributed by atoms with E-state index < -0.39 is 0 Å². The van der Waals surface area contributed by atoms with E-state index in [9.17, 15) is 5.11 Å². The molecule has 0 atom stereocenters. The molecule has 0 unspecified atom stereocenters. The number of nitrogens with zero attached hydrogens (tertiary/aromatic N) is 1. The van der Waals surface area contributed by atoms with Gasteiger partial charge in [-0.25, -0.2) is 0 Å². The van der Waals surface area contributed by atoms with Gasteiger partial charge in [-0.2, -0.15) is 0 Å². The van der Waals surface area contributed by atoms with Gasteiger partial charge in [0.15, 0.2) is 0 Å². The summed E-state index contributed by atoms with van der Waals surface area (Å²) in [6.45, 7) is 2.79. The number of phenols is 1. The third kappa shape index (κ3) is 2.56. The second-order valence-corrected chi connectivity index (χ2v) is 4.51. The van der Waals surface area contributed by atoms with Gasteiger partial charge in [0, 0.05) is 31.0 Å². The van der Waals surface area contributed by atoms with Crippen LogP contribution in [-0.2, 0) is 6.54 Å². The van der Waals surface area contributed by atoms with Crippen molar-refractivity contribution >= 4 is 11.4 Å². The maximum absolute atomic E-state index is 9.48. The predicted molar refractivity (Wildman–Crippen MR) is 75.8 cm³/mol. The smallest absolute Gasteiger partial charge is 0.117 e. The first kappa shape index (κ1) is 12.3. The van der Waals surface area contributed by atoms with Crippen LogP contribution in [0.2, 0.25) is 0 Å². The van der Waals surface area contributed by atoms with Gasteiger partial charge in [0.2, 0.25) is 0 Å². The zero-order chi connectivity index (χ0) is 13.1. The number of phenolic OH excluding ortho intramolecular Hbond substituents is 1. The molecule has 0 radical (unpaired) electrons. The van der Waals surface area contributed by atoms with Crippen LogP contribution >= 0.6 is 0 Å². The van der Waals surface area contributed by atoms with Crippen molar-refractivity contribution in [2.24, 2.45) is 0 Å². The molecule has 0 aliphatic carbocycles. The van der Waals surface area contributed by atoms with Crippen LogP contribution in [0, 0.1) is 6.92 Å². The van der Waals surface area contributed by atoms with Gasteiger partial charge < -0.3 is 15.7 Å². The Bertz CT molecular complexity index is 552. The lowest BCUT2D eigenvalue weighted by Crippen LogP contribution is -2.17. The van der Waals surface area contributed by atoms with E-state index in [4.69, 9.17) is 5.73 Å². The van der Waals surface area contributed by atoms with Crippen molar-refractivity contribution in [3.63, 3.8) is 0 Å². The molecule has 0 fully saturated rings. The summed E-state index contributed by atoms with van der Waals surface area (Å²) in [4.78, 5) is 2.08. The molecule has 3 nitrogen and oxygen atoms in total. The van der Waals surface area contributed by atoms with Crippen molar-refractivity contribution in [2.75, 3.05) is 17.7 Å². The Morgan fingerprint density at radius 2 is 1.89 bits per heavy atom. The van der Waals surface area contributed by atoms with Gasteiger partial charge in [0.25, 0.3) is 0 Å². The van der Waals surface area contributed by atoms with Crippen LogP contribution in [0.1, 0.15) is 11.1 Å². The minimum atomic E-state index is 0.281. The average Bonchev–Trinajstić information content (AvgIpc) is 2.35. The van der Waals surface area contributed by atoms with Gasteiger partial charge in [0.05, 0.1) is 0 Å². The Morgan fingerprint density at radius 3 is 2.61 bits per heavy atom. The molecule has 0 saturated carbocycles. The zero-order valence-electron chi connectivity index (χ0n) is 10.7. The van der Waals surface area contributed by atoms with Gasteiger partial charge >= 0.3 is 0 Å². The molecule has 0 heterocycles. The van der Waals surface area contributed by atoms with Crippen LogP contribution in [0.5, 0.6) is 5.75 Å². The van der Waals surface area contributed by atoms with Crippen molar-refractivity contribution in [1.29, 1.82) is 0 Å². The highest BCUT2D eigenvalue weighted by Crippen LogP contribution is 2.23. The molecule has 0 spiro atoms. The van der Waals surface area contributed by atoms with Crippen molar-refractivity contribution < 1.29 is 5.11 Å². The summed E-state index contributed by atoms with van der Waals surface area (Å²) in [7, 11) is 2.00. The lowest BCUT2D eigenvalue weighted by Gasteiger charge is -2.21. The van der Waals surface area contributed by atoms with Gasteiger partial charge in [-0.3, -0.25) is 0 Å². The van der Waals surface area contributed by atoms with Crippen LogP contribution in [0.15, 0.2) is 42.5 Å². The molecule has 0 aliphatic rings. The van der Waals surface area contributed by atoms with Gasteiger partial charge in [-0.05, 0) is 36.2 Å². The number of nitrogens with two attached hydrogens (primary N) is 1. The number of anilines is 2. The molecular formula is C15H18N2O. The highest BCUT2D eigenvalue weighted by molar-refractivity contribution is 5.54. The van der Waals surface area contributed by atoms with E-state index in [-0.39, 0.29) is 5.75 Å². The molecule has 0 saturated heterocycles. The number of nitrogen functional groups attached to an aromatic ring is 1. The Morgan fingerprint density at radius 1 is 1.17 bits per heavy atom. The summed E-state index contributed by atoms with van der Waals surface area (Å²) in [6.07, 6.45) is 0. The fraction of sp³-hybridized carbons (Fsp3) is 0.200. The topological polar surface area (TPSA) is 49.5 Å². The maximum Gasteiger partial charge on any atom is 0.117 e. The molecule has 18 heavy (non-hydrogen) atoms. The summed E-state index contributed by atoms with van der Waals surface area (Å²) in [6, 6.07) is 13.2. The van der Waals surface area contributed by atoms with E-state index in [1.54, 1.807) is 12.1 Å². The molecule has 94 valence electrons. The Kier molecular flexibility index (Phi) is 3.42. The molecule has 3 N–H and O–H groups in total. The monoisotopic (exact) mass is 242 g/mol.